The number of primary amides is 1. The molecule has 0 fully saturated rings. The molecule has 0 heterocycles. The minimum Gasteiger partial charge on any atom is -0.368 e. The third kappa shape index (κ3) is 3.57. The number of rotatable bonds is 5. The molecule has 1 unspecified atom stereocenters. The van der Waals surface area contributed by atoms with Crippen LogP contribution in [0.5, 0.6) is 0 Å². The lowest BCUT2D eigenvalue weighted by Gasteiger charge is -2.27. The SMILES string of the molecule is CC(C)c1ccc(C(C)NC(C)(C)C(N)=O)cc1. The first kappa shape index (κ1) is 14.7. The highest BCUT2D eigenvalue weighted by atomic mass is 16.1. The van der Waals surface area contributed by atoms with Crippen LogP contribution in [0.25, 0.3) is 0 Å². The molecular weight excluding hydrogens is 224 g/mol. The van der Waals surface area contributed by atoms with Gasteiger partial charge in [-0.25, -0.2) is 0 Å². The Hall–Kier alpha value is -1.35. The van der Waals surface area contributed by atoms with Crippen LogP contribution in [-0.2, 0) is 4.79 Å². The zero-order valence-corrected chi connectivity index (χ0v) is 11.9. The van der Waals surface area contributed by atoms with Crippen LogP contribution in [0.3, 0.4) is 0 Å². The molecule has 0 aliphatic carbocycles. The Morgan fingerprint density at radius 1 is 1.11 bits per heavy atom. The summed E-state index contributed by atoms with van der Waals surface area (Å²) in [6, 6.07) is 8.56. The summed E-state index contributed by atoms with van der Waals surface area (Å²) in [7, 11) is 0. The Morgan fingerprint density at radius 3 is 1.94 bits per heavy atom. The number of amides is 1. The molecule has 1 aromatic rings. The fraction of sp³-hybridized carbons (Fsp3) is 0.533. The largest absolute Gasteiger partial charge is 0.368 e. The van der Waals surface area contributed by atoms with E-state index >= 15 is 0 Å². The summed E-state index contributed by atoms with van der Waals surface area (Å²) < 4.78 is 0. The topological polar surface area (TPSA) is 55.1 Å². The summed E-state index contributed by atoms with van der Waals surface area (Å²) in [5, 5.41) is 3.25. The second-order valence-corrected chi connectivity index (χ2v) is 5.68. The van der Waals surface area contributed by atoms with Gasteiger partial charge in [0.2, 0.25) is 5.91 Å². The minimum absolute atomic E-state index is 0.0914. The van der Waals surface area contributed by atoms with Crippen molar-refractivity contribution < 1.29 is 4.79 Å². The molecule has 0 radical (unpaired) electrons. The zero-order valence-electron chi connectivity index (χ0n) is 11.9. The van der Waals surface area contributed by atoms with Gasteiger partial charge >= 0.3 is 0 Å². The fourth-order valence-corrected chi connectivity index (χ4v) is 1.87. The summed E-state index contributed by atoms with van der Waals surface area (Å²) in [6.07, 6.45) is 0. The number of hydrogen-bond donors (Lipinski definition) is 2. The van der Waals surface area contributed by atoms with Gasteiger partial charge in [0, 0.05) is 6.04 Å². The molecule has 0 aliphatic rings. The standard InChI is InChI=1S/C15H24N2O/c1-10(2)12-6-8-13(9-7-12)11(3)17-15(4,5)14(16)18/h6-11,17H,1-5H3,(H2,16,18). The first-order valence-corrected chi connectivity index (χ1v) is 6.41. The summed E-state index contributed by atoms with van der Waals surface area (Å²) in [4.78, 5) is 11.3. The van der Waals surface area contributed by atoms with E-state index in [1.54, 1.807) is 13.8 Å². The molecular formula is C15H24N2O. The van der Waals surface area contributed by atoms with Gasteiger partial charge < -0.3 is 5.73 Å². The molecule has 3 N–H and O–H groups in total. The lowest BCUT2D eigenvalue weighted by Crippen LogP contribution is -2.51. The van der Waals surface area contributed by atoms with Crippen LogP contribution in [0.2, 0.25) is 0 Å². The molecule has 0 aromatic heterocycles. The van der Waals surface area contributed by atoms with Crippen LogP contribution in [-0.4, -0.2) is 11.4 Å². The van der Waals surface area contributed by atoms with Crippen molar-refractivity contribution in [3.05, 3.63) is 35.4 Å². The van der Waals surface area contributed by atoms with E-state index in [-0.39, 0.29) is 11.9 Å². The average Bonchev–Trinajstić information content (AvgIpc) is 2.28. The quantitative estimate of drug-likeness (QED) is 0.841. The first-order valence-electron chi connectivity index (χ1n) is 6.41. The summed E-state index contributed by atoms with van der Waals surface area (Å²) in [5.74, 6) is 0.192. The molecule has 3 heteroatoms. The lowest BCUT2D eigenvalue weighted by molar-refractivity contribution is -0.123. The summed E-state index contributed by atoms with van der Waals surface area (Å²) in [5.41, 5.74) is 7.14. The maximum absolute atomic E-state index is 11.3. The smallest absolute Gasteiger partial charge is 0.237 e. The van der Waals surface area contributed by atoms with Crippen LogP contribution >= 0.6 is 0 Å². The van der Waals surface area contributed by atoms with Crippen molar-refractivity contribution in [2.75, 3.05) is 0 Å². The Labute approximate surface area is 110 Å². The number of hydrogen-bond acceptors (Lipinski definition) is 2. The van der Waals surface area contributed by atoms with Crippen molar-refractivity contribution in [1.82, 2.24) is 5.32 Å². The predicted molar refractivity (Wildman–Crippen MR) is 75.4 cm³/mol. The first-order chi connectivity index (χ1) is 8.24. The van der Waals surface area contributed by atoms with Gasteiger partial charge in [-0.15, -0.1) is 0 Å². The van der Waals surface area contributed by atoms with Crippen LogP contribution in [0.1, 0.15) is 57.7 Å². The van der Waals surface area contributed by atoms with E-state index in [0.29, 0.717) is 5.92 Å². The van der Waals surface area contributed by atoms with Crippen molar-refractivity contribution in [1.29, 1.82) is 0 Å². The predicted octanol–water partition coefficient (Wildman–Crippen LogP) is 2.72. The van der Waals surface area contributed by atoms with E-state index in [0.717, 1.165) is 5.56 Å². The number of benzene rings is 1. The monoisotopic (exact) mass is 248 g/mol. The van der Waals surface area contributed by atoms with Gasteiger partial charge in [0.05, 0.1) is 5.54 Å². The normalized spacial score (nSPS) is 13.7. The average molecular weight is 248 g/mol. The highest BCUT2D eigenvalue weighted by Gasteiger charge is 2.26. The van der Waals surface area contributed by atoms with Gasteiger partial charge in [-0.2, -0.15) is 0 Å². The van der Waals surface area contributed by atoms with Crippen molar-refractivity contribution in [3.8, 4) is 0 Å². The lowest BCUT2D eigenvalue weighted by atomic mass is 9.97. The van der Waals surface area contributed by atoms with Gasteiger partial charge in [-0.1, -0.05) is 38.1 Å². The van der Waals surface area contributed by atoms with Crippen LogP contribution in [0.15, 0.2) is 24.3 Å². The number of nitrogens with two attached hydrogens (primary N) is 1. The second-order valence-electron chi connectivity index (χ2n) is 5.68. The maximum Gasteiger partial charge on any atom is 0.237 e. The van der Waals surface area contributed by atoms with Crippen LogP contribution < -0.4 is 11.1 Å². The molecule has 0 spiro atoms. The molecule has 1 rings (SSSR count). The number of carbonyl (C=O) groups is 1. The van der Waals surface area contributed by atoms with E-state index < -0.39 is 5.54 Å². The van der Waals surface area contributed by atoms with Crippen molar-refractivity contribution in [3.63, 3.8) is 0 Å². The highest BCUT2D eigenvalue weighted by Crippen LogP contribution is 2.20. The molecule has 0 saturated heterocycles. The number of carbonyl (C=O) groups excluding carboxylic acids is 1. The van der Waals surface area contributed by atoms with Crippen LogP contribution in [0.4, 0.5) is 0 Å². The van der Waals surface area contributed by atoms with E-state index in [1.807, 2.05) is 6.92 Å². The van der Waals surface area contributed by atoms with Crippen molar-refractivity contribution in [2.45, 2.75) is 52.1 Å². The Kier molecular flexibility index (Phi) is 4.52. The van der Waals surface area contributed by atoms with Crippen molar-refractivity contribution in [2.24, 2.45) is 5.73 Å². The second kappa shape index (κ2) is 5.53. The van der Waals surface area contributed by atoms with Gasteiger partial charge in [0.25, 0.3) is 0 Å². The molecule has 0 bridgehead atoms. The maximum atomic E-state index is 11.3. The molecule has 1 atom stereocenters. The molecule has 18 heavy (non-hydrogen) atoms. The van der Waals surface area contributed by atoms with Gasteiger partial charge in [0.1, 0.15) is 0 Å². The fourth-order valence-electron chi connectivity index (χ4n) is 1.87. The zero-order chi connectivity index (χ0) is 13.9. The molecule has 0 aliphatic heterocycles. The summed E-state index contributed by atoms with van der Waals surface area (Å²) >= 11 is 0. The van der Waals surface area contributed by atoms with Gasteiger partial charge in [-0.3, -0.25) is 10.1 Å². The molecule has 1 amide bonds. The van der Waals surface area contributed by atoms with E-state index in [4.69, 9.17) is 5.73 Å². The van der Waals surface area contributed by atoms with Gasteiger partial charge in [-0.05, 0) is 37.8 Å². The molecule has 3 nitrogen and oxygen atoms in total. The van der Waals surface area contributed by atoms with Crippen molar-refractivity contribution >= 4 is 5.91 Å². The van der Waals surface area contributed by atoms with Crippen LogP contribution in [0, 0.1) is 0 Å². The van der Waals surface area contributed by atoms with E-state index in [1.165, 1.54) is 5.56 Å². The third-order valence-electron chi connectivity index (χ3n) is 3.30. The Bertz CT molecular complexity index is 407. The van der Waals surface area contributed by atoms with E-state index in [2.05, 4.69) is 43.4 Å². The highest BCUT2D eigenvalue weighted by molar-refractivity contribution is 5.83. The summed E-state index contributed by atoms with van der Waals surface area (Å²) in [6.45, 7) is 9.98. The minimum atomic E-state index is -0.698. The van der Waals surface area contributed by atoms with E-state index in [9.17, 15) is 4.79 Å². The third-order valence-corrected chi connectivity index (χ3v) is 3.30. The Morgan fingerprint density at radius 2 is 1.56 bits per heavy atom. The molecule has 100 valence electrons. The Balaban J connectivity index is 2.79. The molecule has 1 aromatic carbocycles. The molecule has 0 saturated carbocycles. The number of nitrogens with one attached hydrogen (secondary N) is 1. The van der Waals surface area contributed by atoms with Gasteiger partial charge in [0.15, 0.2) is 0 Å².